The average molecular weight is 312 g/mol. The monoisotopic (exact) mass is 312 g/mol. The maximum atomic E-state index is 10.5. The molecule has 0 aromatic carbocycles. The Morgan fingerprint density at radius 2 is 1.91 bits per heavy atom. The number of anilines is 1. The Hall–Kier alpha value is -1.64. The van der Waals surface area contributed by atoms with Crippen molar-refractivity contribution in [1.29, 1.82) is 5.26 Å². The molecule has 0 bridgehead atoms. The van der Waals surface area contributed by atoms with Crippen molar-refractivity contribution < 1.29 is 5.11 Å². The number of hydrogen-bond donors (Lipinski definition) is 1. The second-order valence-corrected chi connectivity index (χ2v) is 7.07. The van der Waals surface area contributed by atoms with Crippen LogP contribution in [-0.2, 0) is 12.8 Å². The zero-order chi connectivity index (χ0) is 15.8. The van der Waals surface area contributed by atoms with Gasteiger partial charge in [0.1, 0.15) is 11.9 Å². The Balaban J connectivity index is 1.61. The molecule has 122 valence electrons. The molecule has 3 aliphatic rings. The van der Waals surface area contributed by atoms with Crippen molar-refractivity contribution in [2.45, 2.75) is 50.7 Å². The normalized spacial score (nSPS) is 27.9. The first kappa shape index (κ1) is 14.9. The number of fused-ring (bicyclic) bond motifs is 1. The molecule has 5 nitrogen and oxygen atoms in total. The van der Waals surface area contributed by atoms with Gasteiger partial charge in [-0.25, -0.2) is 4.98 Å². The van der Waals surface area contributed by atoms with Gasteiger partial charge < -0.3 is 10.0 Å². The van der Waals surface area contributed by atoms with Crippen LogP contribution in [0.3, 0.4) is 0 Å². The SMILES string of the molecule is N#Cc1cc2c(nc1N1CC(O)C(N3CCCC3)C1)CCCC2. The fourth-order valence-corrected chi connectivity index (χ4v) is 4.32. The number of aromatic nitrogens is 1. The summed E-state index contributed by atoms with van der Waals surface area (Å²) >= 11 is 0. The number of pyridine rings is 1. The van der Waals surface area contributed by atoms with Crippen LogP contribution in [0.1, 0.15) is 42.5 Å². The van der Waals surface area contributed by atoms with Crippen molar-refractivity contribution in [1.82, 2.24) is 9.88 Å². The Bertz CT molecular complexity index is 633. The minimum atomic E-state index is -0.350. The van der Waals surface area contributed by atoms with Crippen LogP contribution in [0.5, 0.6) is 0 Å². The lowest BCUT2D eigenvalue weighted by Crippen LogP contribution is -2.41. The summed E-state index contributed by atoms with van der Waals surface area (Å²) in [5, 5.41) is 20.0. The predicted molar refractivity (Wildman–Crippen MR) is 88.4 cm³/mol. The zero-order valence-electron chi connectivity index (χ0n) is 13.5. The third-order valence-electron chi connectivity index (χ3n) is 5.57. The molecule has 3 heterocycles. The number of likely N-dealkylation sites (tertiary alicyclic amines) is 1. The first-order valence-electron chi connectivity index (χ1n) is 8.86. The minimum absolute atomic E-state index is 0.182. The van der Waals surface area contributed by atoms with E-state index >= 15 is 0 Å². The molecule has 2 unspecified atom stereocenters. The van der Waals surface area contributed by atoms with E-state index in [1.807, 2.05) is 6.07 Å². The minimum Gasteiger partial charge on any atom is -0.390 e. The highest BCUT2D eigenvalue weighted by Crippen LogP contribution is 2.30. The molecule has 5 heteroatoms. The number of aryl methyl sites for hydroxylation is 2. The van der Waals surface area contributed by atoms with Crippen molar-refractivity contribution in [2.75, 3.05) is 31.1 Å². The second kappa shape index (κ2) is 6.10. The van der Waals surface area contributed by atoms with E-state index in [1.165, 1.54) is 31.2 Å². The molecule has 0 saturated carbocycles. The van der Waals surface area contributed by atoms with Crippen molar-refractivity contribution in [2.24, 2.45) is 0 Å². The highest BCUT2D eigenvalue weighted by Gasteiger charge is 2.38. The van der Waals surface area contributed by atoms with Gasteiger partial charge in [0.15, 0.2) is 0 Å². The second-order valence-electron chi connectivity index (χ2n) is 7.07. The molecule has 0 radical (unpaired) electrons. The number of hydrogen-bond acceptors (Lipinski definition) is 5. The van der Waals surface area contributed by atoms with Gasteiger partial charge in [-0.1, -0.05) is 0 Å². The van der Waals surface area contributed by atoms with E-state index < -0.39 is 0 Å². The topological polar surface area (TPSA) is 63.4 Å². The van der Waals surface area contributed by atoms with Crippen LogP contribution >= 0.6 is 0 Å². The van der Waals surface area contributed by atoms with Gasteiger partial charge >= 0.3 is 0 Å². The molecule has 23 heavy (non-hydrogen) atoms. The largest absolute Gasteiger partial charge is 0.390 e. The molecule has 0 spiro atoms. The Kier molecular flexibility index (Phi) is 3.96. The summed E-state index contributed by atoms with van der Waals surface area (Å²) in [7, 11) is 0. The molecule has 2 aliphatic heterocycles. The van der Waals surface area contributed by atoms with E-state index in [0.717, 1.165) is 44.0 Å². The van der Waals surface area contributed by atoms with Gasteiger partial charge in [0.2, 0.25) is 0 Å². The van der Waals surface area contributed by atoms with E-state index in [9.17, 15) is 10.4 Å². The third-order valence-corrected chi connectivity index (χ3v) is 5.57. The number of rotatable bonds is 2. The molecule has 2 fully saturated rings. The van der Waals surface area contributed by atoms with Gasteiger partial charge in [0, 0.05) is 18.8 Å². The van der Waals surface area contributed by atoms with Crippen molar-refractivity contribution >= 4 is 5.82 Å². The van der Waals surface area contributed by atoms with Crippen LogP contribution in [0.25, 0.3) is 0 Å². The van der Waals surface area contributed by atoms with Crippen LogP contribution in [0, 0.1) is 11.3 Å². The molecule has 1 aromatic rings. The highest BCUT2D eigenvalue weighted by atomic mass is 16.3. The van der Waals surface area contributed by atoms with Gasteiger partial charge in [-0.2, -0.15) is 5.26 Å². The van der Waals surface area contributed by atoms with Gasteiger partial charge in [-0.3, -0.25) is 4.90 Å². The highest BCUT2D eigenvalue weighted by molar-refractivity contribution is 5.57. The van der Waals surface area contributed by atoms with Crippen LogP contribution in [0.4, 0.5) is 5.82 Å². The lowest BCUT2D eigenvalue weighted by Gasteiger charge is -2.26. The van der Waals surface area contributed by atoms with Gasteiger partial charge in [-0.05, 0) is 63.2 Å². The van der Waals surface area contributed by atoms with Gasteiger partial charge in [0.25, 0.3) is 0 Å². The lowest BCUT2D eigenvalue weighted by molar-refractivity contribution is 0.0986. The predicted octanol–water partition coefficient (Wildman–Crippen LogP) is 1.48. The zero-order valence-corrected chi connectivity index (χ0v) is 13.5. The number of aliphatic hydroxyl groups is 1. The third kappa shape index (κ3) is 2.71. The molecule has 4 rings (SSSR count). The Morgan fingerprint density at radius 3 is 2.70 bits per heavy atom. The van der Waals surface area contributed by atoms with E-state index in [2.05, 4.69) is 15.9 Å². The van der Waals surface area contributed by atoms with E-state index in [4.69, 9.17) is 4.98 Å². The average Bonchev–Trinajstić information content (AvgIpc) is 3.22. The first-order chi connectivity index (χ1) is 11.3. The van der Waals surface area contributed by atoms with Crippen LogP contribution in [0.15, 0.2) is 6.07 Å². The van der Waals surface area contributed by atoms with Gasteiger partial charge in [0.05, 0.1) is 17.7 Å². The van der Waals surface area contributed by atoms with Crippen molar-refractivity contribution in [3.63, 3.8) is 0 Å². The standard InChI is InChI=1S/C18H24N4O/c19-10-14-9-13-5-1-2-6-15(13)20-18(14)22-11-16(17(23)12-22)21-7-3-4-8-21/h9,16-17,23H,1-8,11-12H2. The molecule has 1 N–H and O–H groups in total. The smallest absolute Gasteiger partial charge is 0.146 e. The van der Waals surface area contributed by atoms with Crippen LogP contribution in [0.2, 0.25) is 0 Å². The van der Waals surface area contributed by atoms with E-state index in [0.29, 0.717) is 12.1 Å². The Labute approximate surface area is 137 Å². The summed E-state index contributed by atoms with van der Waals surface area (Å²) in [5.41, 5.74) is 3.07. The van der Waals surface area contributed by atoms with Gasteiger partial charge in [-0.15, -0.1) is 0 Å². The van der Waals surface area contributed by atoms with Crippen LogP contribution < -0.4 is 4.90 Å². The molecular formula is C18H24N4O. The van der Waals surface area contributed by atoms with Crippen molar-refractivity contribution in [3.05, 3.63) is 22.9 Å². The summed E-state index contributed by atoms with van der Waals surface area (Å²) in [5.74, 6) is 0.786. The molecule has 1 aliphatic carbocycles. The summed E-state index contributed by atoms with van der Waals surface area (Å²) in [6, 6.07) is 4.54. The summed E-state index contributed by atoms with van der Waals surface area (Å²) < 4.78 is 0. The maximum absolute atomic E-state index is 10.5. The molecule has 2 atom stereocenters. The van der Waals surface area contributed by atoms with E-state index in [1.54, 1.807) is 0 Å². The maximum Gasteiger partial charge on any atom is 0.146 e. The van der Waals surface area contributed by atoms with E-state index in [-0.39, 0.29) is 12.1 Å². The quantitative estimate of drug-likeness (QED) is 0.896. The van der Waals surface area contributed by atoms with Crippen molar-refractivity contribution in [3.8, 4) is 6.07 Å². The summed E-state index contributed by atoms with van der Waals surface area (Å²) in [4.78, 5) is 9.36. The molecule has 1 aromatic heterocycles. The summed E-state index contributed by atoms with van der Waals surface area (Å²) in [6.07, 6.45) is 6.53. The summed E-state index contributed by atoms with van der Waals surface area (Å²) in [6.45, 7) is 3.53. The fraction of sp³-hybridized carbons (Fsp3) is 0.667. The lowest BCUT2D eigenvalue weighted by atomic mass is 9.95. The molecule has 0 amide bonds. The molecule has 2 saturated heterocycles. The fourth-order valence-electron chi connectivity index (χ4n) is 4.32. The number of nitrogens with zero attached hydrogens (tertiary/aromatic N) is 4. The number of β-amino-alcohol motifs (C(OH)–C–C–N with tert-alkyl or cyclic N) is 1. The first-order valence-corrected chi connectivity index (χ1v) is 8.86. The molecular weight excluding hydrogens is 288 g/mol. The number of aliphatic hydroxyl groups excluding tert-OH is 1. The Morgan fingerprint density at radius 1 is 1.13 bits per heavy atom. The number of nitriles is 1. The van der Waals surface area contributed by atoms with Crippen LogP contribution in [-0.4, -0.2) is 53.3 Å².